The van der Waals surface area contributed by atoms with Gasteiger partial charge in [-0.05, 0) is 19.1 Å². The molecule has 4 heteroatoms. The van der Waals surface area contributed by atoms with Gasteiger partial charge in [0.1, 0.15) is 0 Å². The van der Waals surface area contributed by atoms with Crippen molar-refractivity contribution in [3.05, 3.63) is 24.3 Å². The number of hydrogen-bond acceptors (Lipinski definition) is 2. The molecule has 3 nitrogen and oxygen atoms in total. The summed E-state index contributed by atoms with van der Waals surface area (Å²) in [7, 11) is 2.07. The van der Waals surface area contributed by atoms with Crippen LogP contribution >= 0.6 is 15.9 Å². The highest BCUT2D eigenvalue weighted by molar-refractivity contribution is 9.09. The molecule has 2 rings (SSSR count). The van der Waals surface area contributed by atoms with E-state index in [0.29, 0.717) is 0 Å². The molecule has 16 heavy (non-hydrogen) atoms. The Bertz CT molecular complexity index is 478. The van der Waals surface area contributed by atoms with Crippen LogP contribution in [-0.2, 0) is 7.05 Å². The van der Waals surface area contributed by atoms with Gasteiger partial charge in [-0.1, -0.05) is 28.1 Å². The fourth-order valence-electron chi connectivity index (χ4n) is 1.92. The molecule has 1 aromatic carbocycles. The third-order valence-electron chi connectivity index (χ3n) is 2.78. The van der Waals surface area contributed by atoms with E-state index >= 15 is 0 Å². The third-order valence-corrected chi connectivity index (χ3v) is 3.14. The van der Waals surface area contributed by atoms with Gasteiger partial charge in [0.05, 0.1) is 11.0 Å². The molecule has 0 spiro atoms. The molecule has 0 aliphatic carbocycles. The highest BCUT2D eigenvalue weighted by Crippen LogP contribution is 2.20. The molecule has 0 radical (unpaired) electrons. The Morgan fingerprint density at radius 3 is 2.75 bits per heavy atom. The van der Waals surface area contributed by atoms with Gasteiger partial charge in [-0.25, -0.2) is 4.98 Å². The van der Waals surface area contributed by atoms with Gasteiger partial charge in [-0.15, -0.1) is 0 Å². The average molecular weight is 282 g/mol. The van der Waals surface area contributed by atoms with Crippen molar-refractivity contribution in [1.29, 1.82) is 0 Å². The van der Waals surface area contributed by atoms with Gasteiger partial charge in [0, 0.05) is 25.5 Å². The van der Waals surface area contributed by atoms with E-state index in [1.54, 1.807) is 0 Å². The van der Waals surface area contributed by atoms with Crippen molar-refractivity contribution in [1.82, 2.24) is 9.55 Å². The van der Waals surface area contributed by atoms with Crippen LogP contribution in [0.5, 0.6) is 0 Å². The minimum Gasteiger partial charge on any atom is -0.342 e. The quantitative estimate of drug-likeness (QED) is 0.804. The molecule has 0 aliphatic rings. The summed E-state index contributed by atoms with van der Waals surface area (Å²) in [5.74, 6) is 1.04. The van der Waals surface area contributed by atoms with Gasteiger partial charge in [0.25, 0.3) is 0 Å². The number of alkyl halides is 1. The van der Waals surface area contributed by atoms with Gasteiger partial charge in [0.15, 0.2) is 0 Å². The van der Waals surface area contributed by atoms with E-state index in [1.165, 1.54) is 5.52 Å². The summed E-state index contributed by atoms with van der Waals surface area (Å²) in [6, 6.07) is 8.24. The first-order valence-corrected chi connectivity index (χ1v) is 6.62. The number of nitrogens with zero attached hydrogens (tertiary/aromatic N) is 3. The topological polar surface area (TPSA) is 21.1 Å². The van der Waals surface area contributed by atoms with Crippen LogP contribution in [0.4, 0.5) is 5.95 Å². The molecule has 0 atom stereocenters. The highest BCUT2D eigenvalue weighted by Gasteiger charge is 2.12. The van der Waals surface area contributed by atoms with Crippen LogP contribution in [0.3, 0.4) is 0 Å². The molecule has 0 N–H and O–H groups in total. The van der Waals surface area contributed by atoms with Crippen molar-refractivity contribution < 1.29 is 0 Å². The number of imidazole rings is 1. The fraction of sp³-hybridized carbons (Fsp3) is 0.417. The molecule has 0 bridgehead atoms. The van der Waals surface area contributed by atoms with Crippen LogP contribution in [0.2, 0.25) is 0 Å². The first kappa shape index (κ1) is 11.5. The zero-order valence-corrected chi connectivity index (χ0v) is 11.2. The molecule has 0 aliphatic heterocycles. The Balaban J connectivity index is 2.47. The second kappa shape index (κ2) is 4.87. The first-order chi connectivity index (χ1) is 7.77. The van der Waals surface area contributed by atoms with Crippen LogP contribution in [0.15, 0.2) is 24.3 Å². The van der Waals surface area contributed by atoms with Crippen molar-refractivity contribution in [2.45, 2.75) is 6.92 Å². The van der Waals surface area contributed by atoms with E-state index in [9.17, 15) is 0 Å². The molecule has 1 aromatic heterocycles. The van der Waals surface area contributed by atoms with Gasteiger partial charge >= 0.3 is 0 Å². The van der Waals surface area contributed by atoms with Crippen LogP contribution < -0.4 is 4.90 Å². The number of halogens is 1. The van der Waals surface area contributed by atoms with Gasteiger partial charge in [-0.3, -0.25) is 0 Å². The number of aryl methyl sites for hydroxylation is 1. The minimum atomic E-state index is 0.962. The van der Waals surface area contributed by atoms with Gasteiger partial charge < -0.3 is 9.47 Å². The zero-order valence-electron chi connectivity index (χ0n) is 9.65. The molecule has 0 unspecified atom stereocenters. The van der Waals surface area contributed by atoms with Crippen molar-refractivity contribution in [3.8, 4) is 0 Å². The summed E-state index contributed by atoms with van der Waals surface area (Å²) in [4.78, 5) is 6.94. The predicted molar refractivity (Wildman–Crippen MR) is 72.4 cm³/mol. The maximum atomic E-state index is 4.67. The van der Waals surface area contributed by atoms with E-state index < -0.39 is 0 Å². The number of hydrogen-bond donors (Lipinski definition) is 0. The van der Waals surface area contributed by atoms with Crippen LogP contribution in [0.1, 0.15) is 6.92 Å². The highest BCUT2D eigenvalue weighted by atomic mass is 79.9. The van der Waals surface area contributed by atoms with Crippen molar-refractivity contribution >= 4 is 32.9 Å². The van der Waals surface area contributed by atoms with Crippen LogP contribution in [0, 0.1) is 0 Å². The van der Waals surface area contributed by atoms with E-state index in [2.05, 4.69) is 62.6 Å². The largest absolute Gasteiger partial charge is 0.342 e. The van der Waals surface area contributed by atoms with E-state index in [0.717, 1.165) is 29.9 Å². The number of anilines is 1. The summed E-state index contributed by atoms with van der Waals surface area (Å²) < 4.78 is 2.15. The summed E-state index contributed by atoms with van der Waals surface area (Å²) in [5.41, 5.74) is 2.25. The SMILES string of the molecule is CCN(CCBr)c1nc2ccccc2n1C. The maximum Gasteiger partial charge on any atom is 0.206 e. The van der Waals surface area contributed by atoms with E-state index in [-0.39, 0.29) is 0 Å². The molecule has 86 valence electrons. The molecule has 0 saturated heterocycles. The first-order valence-electron chi connectivity index (χ1n) is 5.50. The molecule has 0 amide bonds. The summed E-state index contributed by atoms with van der Waals surface area (Å²) in [5, 5.41) is 0.962. The number of para-hydroxylation sites is 2. The fourth-order valence-corrected chi connectivity index (χ4v) is 2.35. The van der Waals surface area contributed by atoms with Crippen LogP contribution in [-0.4, -0.2) is 28.0 Å². The van der Waals surface area contributed by atoms with Crippen molar-refractivity contribution in [2.75, 3.05) is 23.3 Å². The Labute approximate surface area is 104 Å². The smallest absolute Gasteiger partial charge is 0.206 e. The summed E-state index contributed by atoms with van der Waals surface area (Å²) in [6.45, 7) is 4.11. The Morgan fingerprint density at radius 1 is 1.38 bits per heavy atom. The van der Waals surface area contributed by atoms with Gasteiger partial charge in [-0.2, -0.15) is 0 Å². The second-order valence-corrected chi connectivity index (χ2v) is 4.52. The lowest BCUT2D eigenvalue weighted by molar-refractivity contribution is 0.791. The Morgan fingerprint density at radius 2 is 2.12 bits per heavy atom. The molecular formula is C12H16BrN3. The lowest BCUT2D eigenvalue weighted by Gasteiger charge is -2.20. The average Bonchev–Trinajstić information content (AvgIpc) is 2.64. The molecule has 1 heterocycles. The summed E-state index contributed by atoms with van der Waals surface area (Å²) in [6.07, 6.45) is 0. The monoisotopic (exact) mass is 281 g/mol. The lowest BCUT2D eigenvalue weighted by Crippen LogP contribution is -2.27. The molecule has 0 fully saturated rings. The zero-order chi connectivity index (χ0) is 11.5. The number of fused-ring (bicyclic) bond motifs is 1. The number of rotatable bonds is 4. The second-order valence-electron chi connectivity index (χ2n) is 3.73. The normalized spacial score (nSPS) is 10.9. The Hall–Kier alpha value is -1.03. The maximum absolute atomic E-state index is 4.67. The van der Waals surface area contributed by atoms with Crippen molar-refractivity contribution in [3.63, 3.8) is 0 Å². The van der Waals surface area contributed by atoms with Crippen molar-refractivity contribution in [2.24, 2.45) is 7.05 Å². The number of aromatic nitrogens is 2. The molecule has 0 saturated carbocycles. The lowest BCUT2D eigenvalue weighted by atomic mass is 10.3. The number of benzene rings is 1. The van der Waals surface area contributed by atoms with Crippen LogP contribution in [0.25, 0.3) is 11.0 Å². The van der Waals surface area contributed by atoms with E-state index in [1.807, 2.05) is 6.07 Å². The van der Waals surface area contributed by atoms with E-state index in [4.69, 9.17) is 0 Å². The van der Waals surface area contributed by atoms with Gasteiger partial charge in [0.2, 0.25) is 5.95 Å². The molecule has 2 aromatic rings. The standard InChI is InChI=1S/C12H16BrN3/c1-3-16(9-8-13)12-14-10-6-4-5-7-11(10)15(12)2/h4-7H,3,8-9H2,1-2H3. The predicted octanol–water partition coefficient (Wildman–Crippen LogP) is 2.79. The minimum absolute atomic E-state index is 0.962. The third kappa shape index (κ3) is 1.94. The molecular weight excluding hydrogens is 266 g/mol. The Kier molecular flexibility index (Phi) is 3.49. The summed E-state index contributed by atoms with van der Waals surface area (Å²) >= 11 is 3.48.